The van der Waals surface area contributed by atoms with Crippen LogP contribution in [0.1, 0.15) is 25.3 Å². The molecule has 2 aliphatic rings. The Balaban J connectivity index is 1.38. The molecule has 0 unspecified atom stereocenters. The van der Waals surface area contributed by atoms with Crippen LogP contribution in [0.15, 0.2) is 30.3 Å². The second-order valence-electron chi connectivity index (χ2n) is 7.31. The Labute approximate surface area is 152 Å². The first-order valence-electron chi connectivity index (χ1n) is 9.53. The summed E-state index contributed by atoms with van der Waals surface area (Å²) in [5, 5.41) is 0. The molecule has 140 valence electrons. The van der Waals surface area contributed by atoms with Crippen LogP contribution in [0.5, 0.6) is 0 Å². The lowest BCUT2D eigenvalue weighted by Crippen LogP contribution is -2.48. The van der Waals surface area contributed by atoms with Crippen LogP contribution in [0.3, 0.4) is 0 Å². The molecule has 2 aliphatic heterocycles. The quantitative estimate of drug-likeness (QED) is 0.772. The highest BCUT2D eigenvalue weighted by atomic mass is 32.2. The van der Waals surface area contributed by atoms with Gasteiger partial charge >= 0.3 is 0 Å². The van der Waals surface area contributed by atoms with Crippen molar-refractivity contribution >= 4 is 10.0 Å². The maximum atomic E-state index is 11.9. The van der Waals surface area contributed by atoms with Gasteiger partial charge in [0.05, 0.1) is 5.75 Å². The average molecular weight is 366 g/mol. The van der Waals surface area contributed by atoms with Gasteiger partial charge in [0, 0.05) is 52.4 Å². The van der Waals surface area contributed by atoms with Gasteiger partial charge in [-0.1, -0.05) is 30.3 Å². The smallest absolute Gasteiger partial charge is 0.213 e. The molecule has 0 aromatic heterocycles. The van der Waals surface area contributed by atoms with Gasteiger partial charge in [0.2, 0.25) is 10.0 Å². The first-order chi connectivity index (χ1) is 12.1. The van der Waals surface area contributed by atoms with E-state index in [9.17, 15) is 8.42 Å². The van der Waals surface area contributed by atoms with E-state index in [0.717, 1.165) is 52.1 Å². The second-order valence-corrected chi connectivity index (χ2v) is 9.56. The Morgan fingerprint density at radius 3 is 2.12 bits per heavy atom. The van der Waals surface area contributed by atoms with Gasteiger partial charge in [-0.2, -0.15) is 0 Å². The Kier molecular flexibility index (Phi) is 6.49. The maximum Gasteiger partial charge on any atom is 0.213 e. The van der Waals surface area contributed by atoms with Crippen LogP contribution in [-0.4, -0.2) is 74.1 Å². The fourth-order valence-corrected chi connectivity index (χ4v) is 5.02. The third kappa shape index (κ3) is 5.26. The van der Waals surface area contributed by atoms with Crippen molar-refractivity contribution in [1.29, 1.82) is 0 Å². The Bertz CT molecular complexity index is 619. The monoisotopic (exact) mass is 365 g/mol. The van der Waals surface area contributed by atoms with Crippen molar-refractivity contribution in [3.05, 3.63) is 35.9 Å². The van der Waals surface area contributed by atoms with Crippen LogP contribution >= 0.6 is 0 Å². The molecule has 2 saturated heterocycles. The normalized spacial score (nSPS) is 22.3. The lowest BCUT2D eigenvalue weighted by molar-refractivity contribution is 0.102. The van der Waals surface area contributed by atoms with Crippen molar-refractivity contribution in [2.45, 2.75) is 26.3 Å². The van der Waals surface area contributed by atoms with E-state index in [4.69, 9.17) is 0 Å². The molecule has 3 rings (SSSR count). The highest BCUT2D eigenvalue weighted by molar-refractivity contribution is 7.89. The van der Waals surface area contributed by atoms with Gasteiger partial charge in [0.1, 0.15) is 0 Å². The molecule has 2 heterocycles. The van der Waals surface area contributed by atoms with Crippen LogP contribution in [0.4, 0.5) is 0 Å². The van der Waals surface area contributed by atoms with Gasteiger partial charge in [-0.25, -0.2) is 12.7 Å². The van der Waals surface area contributed by atoms with E-state index < -0.39 is 10.0 Å². The van der Waals surface area contributed by atoms with E-state index in [1.807, 2.05) is 0 Å². The number of piperidine rings is 1. The highest BCUT2D eigenvalue weighted by Crippen LogP contribution is 2.21. The van der Waals surface area contributed by atoms with E-state index >= 15 is 0 Å². The molecule has 0 bridgehead atoms. The molecule has 0 amide bonds. The standard InChI is InChI=1S/C19H31N3O2S/c1-2-25(23,24)22-10-8-19(9-11-22)17-21-14-12-20(13-15-21)16-18-6-4-3-5-7-18/h3-7,19H,2,8-17H2,1H3. The van der Waals surface area contributed by atoms with E-state index in [-0.39, 0.29) is 5.75 Å². The molecule has 0 spiro atoms. The minimum Gasteiger partial charge on any atom is -0.301 e. The molecule has 1 aromatic rings. The molecule has 0 saturated carbocycles. The number of rotatable bonds is 6. The third-order valence-corrected chi connectivity index (χ3v) is 7.44. The number of piperazine rings is 1. The molecular formula is C19H31N3O2S. The van der Waals surface area contributed by atoms with Crippen LogP contribution in [0.2, 0.25) is 0 Å². The van der Waals surface area contributed by atoms with Gasteiger partial charge in [0.25, 0.3) is 0 Å². The van der Waals surface area contributed by atoms with Crippen molar-refractivity contribution < 1.29 is 8.42 Å². The number of hydrogen-bond donors (Lipinski definition) is 0. The zero-order valence-electron chi connectivity index (χ0n) is 15.3. The summed E-state index contributed by atoms with van der Waals surface area (Å²) < 4.78 is 25.6. The summed E-state index contributed by atoms with van der Waals surface area (Å²) >= 11 is 0. The van der Waals surface area contributed by atoms with E-state index in [1.165, 1.54) is 5.56 Å². The molecule has 0 N–H and O–H groups in total. The Morgan fingerprint density at radius 2 is 1.52 bits per heavy atom. The maximum absolute atomic E-state index is 11.9. The van der Waals surface area contributed by atoms with Crippen LogP contribution in [-0.2, 0) is 16.6 Å². The molecule has 5 nitrogen and oxygen atoms in total. The number of sulfonamides is 1. The molecule has 2 fully saturated rings. The summed E-state index contributed by atoms with van der Waals surface area (Å²) in [7, 11) is -3.00. The van der Waals surface area contributed by atoms with E-state index in [0.29, 0.717) is 19.0 Å². The molecule has 6 heteroatoms. The zero-order valence-corrected chi connectivity index (χ0v) is 16.1. The summed E-state index contributed by atoms with van der Waals surface area (Å²) in [4.78, 5) is 5.10. The largest absolute Gasteiger partial charge is 0.301 e. The van der Waals surface area contributed by atoms with Gasteiger partial charge < -0.3 is 4.90 Å². The van der Waals surface area contributed by atoms with Crippen molar-refractivity contribution in [1.82, 2.24) is 14.1 Å². The summed E-state index contributed by atoms with van der Waals surface area (Å²) in [5.74, 6) is 0.866. The lowest BCUT2D eigenvalue weighted by atomic mass is 9.97. The predicted molar refractivity (Wildman–Crippen MR) is 102 cm³/mol. The minimum absolute atomic E-state index is 0.223. The van der Waals surface area contributed by atoms with Crippen LogP contribution in [0, 0.1) is 5.92 Å². The summed E-state index contributed by atoms with van der Waals surface area (Å²) in [6, 6.07) is 10.7. The van der Waals surface area contributed by atoms with Gasteiger partial charge in [0.15, 0.2) is 0 Å². The summed E-state index contributed by atoms with van der Waals surface area (Å²) in [6.07, 6.45) is 2.01. The summed E-state index contributed by atoms with van der Waals surface area (Å²) in [5.41, 5.74) is 1.39. The molecular weight excluding hydrogens is 334 g/mol. The fourth-order valence-electron chi connectivity index (χ4n) is 3.89. The summed E-state index contributed by atoms with van der Waals surface area (Å²) in [6.45, 7) is 9.80. The molecule has 1 aromatic carbocycles. The van der Waals surface area contributed by atoms with Gasteiger partial charge in [-0.15, -0.1) is 0 Å². The Hall–Kier alpha value is -0.950. The number of hydrogen-bond acceptors (Lipinski definition) is 4. The molecule has 0 radical (unpaired) electrons. The fraction of sp³-hybridized carbons (Fsp3) is 0.684. The molecule has 25 heavy (non-hydrogen) atoms. The number of benzene rings is 1. The van der Waals surface area contributed by atoms with Crippen LogP contribution in [0.25, 0.3) is 0 Å². The third-order valence-electron chi connectivity index (χ3n) is 5.56. The van der Waals surface area contributed by atoms with Crippen LogP contribution < -0.4 is 0 Å². The second kappa shape index (κ2) is 8.62. The minimum atomic E-state index is -3.00. The predicted octanol–water partition coefficient (Wildman–Crippen LogP) is 1.87. The highest BCUT2D eigenvalue weighted by Gasteiger charge is 2.28. The van der Waals surface area contributed by atoms with Gasteiger partial charge in [-0.3, -0.25) is 4.90 Å². The molecule has 0 atom stereocenters. The lowest BCUT2D eigenvalue weighted by Gasteiger charge is -2.38. The molecule has 0 aliphatic carbocycles. The zero-order chi connectivity index (χ0) is 17.7. The van der Waals surface area contributed by atoms with Crippen molar-refractivity contribution in [3.63, 3.8) is 0 Å². The average Bonchev–Trinajstić information content (AvgIpc) is 2.65. The van der Waals surface area contributed by atoms with Crippen molar-refractivity contribution in [3.8, 4) is 0 Å². The first kappa shape index (κ1) is 18.8. The number of nitrogens with zero attached hydrogens (tertiary/aromatic N) is 3. The SMILES string of the molecule is CCS(=O)(=O)N1CCC(CN2CCN(Cc3ccccc3)CC2)CC1. The van der Waals surface area contributed by atoms with E-state index in [1.54, 1.807) is 11.2 Å². The van der Waals surface area contributed by atoms with Crippen molar-refractivity contribution in [2.75, 3.05) is 51.6 Å². The van der Waals surface area contributed by atoms with E-state index in [2.05, 4.69) is 40.1 Å². The topological polar surface area (TPSA) is 43.9 Å². The Morgan fingerprint density at radius 1 is 0.920 bits per heavy atom. The van der Waals surface area contributed by atoms with Crippen molar-refractivity contribution in [2.24, 2.45) is 5.92 Å². The first-order valence-corrected chi connectivity index (χ1v) is 11.1. The van der Waals surface area contributed by atoms with Gasteiger partial charge in [-0.05, 0) is 31.2 Å².